The highest BCUT2D eigenvalue weighted by molar-refractivity contribution is 9.10. The van der Waals surface area contributed by atoms with E-state index < -0.39 is 5.97 Å². The van der Waals surface area contributed by atoms with Crippen molar-refractivity contribution in [3.8, 4) is 5.69 Å². The van der Waals surface area contributed by atoms with Crippen molar-refractivity contribution in [2.75, 3.05) is 6.61 Å². The molecule has 0 radical (unpaired) electrons. The third-order valence-corrected chi connectivity index (χ3v) is 4.43. The largest absolute Gasteiger partial charge is 0.461 e. The van der Waals surface area contributed by atoms with Crippen molar-refractivity contribution in [2.45, 2.75) is 26.7 Å². The number of aromatic nitrogens is 2. The highest BCUT2D eigenvalue weighted by Gasteiger charge is 2.29. The molecule has 6 nitrogen and oxygen atoms in total. The molecule has 0 bridgehead atoms. The third kappa shape index (κ3) is 3.71. The van der Waals surface area contributed by atoms with E-state index in [-0.39, 0.29) is 5.69 Å². The Kier molecular flexibility index (Phi) is 5.13. The van der Waals surface area contributed by atoms with Crippen molar-refractivity contribution in [1.29, 1.82) is 0 Å². The van der Waals surface area contributed by atoms with Crippen LogP contribution in [-0.4, -0.2) is 34.9 Å². The minimum Gasteiger partial charge on any atom is -0.461 e. The molecule has 1 aliphatic carbocycles. The van der Waals surface area contributed by atoms with E-state index in [1.165, 1.54) is 0 Å². The number of aliphatic imine (C=N–C) groups is 2. The fourth-order valence-electron chi connectivity index (χ4n) is 2.51. The highest BCUT2D eigenvalue weighted by Crippen LogP contribution is 2.34. The maximum atomic E-state index is 12.2. The second-order valence-corrected chi connectivity index (χ2v) is 6.73. The van der Waals surface area contributed by atoms with Gasteiger partial charge in [0.05, 0.1) is 12.3 Å². The summed E-state index contributed by atoms with van der Waals surface area (Å²) >= 11 is 3.46. The predicted molar refractivity (Wildman–Crippen MR) is 101 cm³/mol. The molecular formula is C18H19BrN4O2. The van der Waals surface area contributed by atoms with E-state index in [0.29, 0.717) is 29.7 Å². The van der Waals surface area contributed by atoms with Gasteiger partial charge in [-0.05, 0) is 51.6 Å². The van der Waals surface area contributed by atoms with Crippen molar-refractivity contribution in [1.82, 2.24) is 9.78 Å². The Bertz CT molecular complexity index is 853. The number of ether oxygens (including phenoxy) is 1. The van der Waals surface area contributed by atoms with E-state index in [1.807, 2.05) is 31.2 Å². The maximum Gasteiger partial charge on any atom is 0.359 e. The molecule has 7 heteroatoms. The summed E-state index contributed by atoms with van der Waals surface area (Å²) in [5.74, 6) is 1.16. The summed E-state index contributed by atoms with van der Waals surface area (Å²) in [5, 5.41) is 4.46. The van der Waals surface area contributed by atoms with Crippen molar-refractivity contribution in [3.63, 3.8) is 0 Å². The van der Waals surface area contributed by atoms with E-state index >= 15 is 0 Å². The van der Waals surface area contributed by atoms with Gasteiger partial charge in [0.25, 0.3) is 0 Å². The molecule has 0 saturated heterocycles. The van der Waals surface area contributed by atoms with E-state index in [2.05, 4.69) is 37.7 Å². The first-order chi connectivity index (χ1) is 12.0. The second kappa shape index (κ2) is 7.31. The quantitative estimate of drug-likeness (QED) is 0.426. The molecule has 3 rings (SSSR count). The Hall–Kier alpha value is -2.28. The molecule has 2 aromatic rings. The van der Waals surface area contributed by atoms with Crippen LogP contribution in [0.15, 0.2) is 38.7 Å². The molecule has 0 spiro atoms. The SMILES string of the molecule is C=NC(=Nc1c(C)c(C(=O)OCC)nn1-c1cccc(Br)c1)C1CC1. The van der Waals surface area contributed by atoms with Gasteiger partial charge in [0.2, 0.25) is 0 Å². The summed E-state index contributed by atoms with van der Waals surface area (Å²) < 4.78 is 7.68. The molecule has 0 atom stereocenters. The minimum atomic E-state index is -0.454. The smallest absolute Gasteiger partial charge is 0.359 e. The fourth-order valence-corrected chi connectivity index (χ4v) is 2.89. The standard InChI is InChI=1S/C18H19BrN4O2/c1-4-25-18(24)15-11(2)17(21-16(20-3)12-8-9-12)23(22-15)14-7-5-6-13(19)10-14/h5-7,10,12H,3-4,8-9H2,1-2H3. The van der Waals surface area contributed by atoms with Crippen LogP contribution in [0.2, 0.25) is 0 Å². The van der Waals surface area contributed by atoms with Crippen LogP contribution in [0.3, 0.4) is 0 Å². The normalized spacial score (nSPS) is 14.4. The third-order valence-electron chi connectivity index (χ3n) is 3.94. The van der Waals surface area contributed by atoms with Crippen LogP contribution in [0.1, 0.15) is 35.8 Å². The molecule has 0 unspecified atom stereocenters. The lowest BCUT2D eigenvalue weighted by molar-refractivity contribution is 0.0518. The molecule has 1 heterocycles. The van der Waals surface area contributed by atoms with Gasteiger partial charge in [-0.25, -0.2) is 19.5 Å². The molecule has 1 saturated carbocycles. The monoisotopic (exact) mass is 402 g/mol. The van der Waals surface area contributed by atoms with Crippen LogP contribution < -0.4 is 0 Å². The van der Waals surface area contributed by atoms with Crippen LogP contribution in [0, 0.1) is 12.8 Å². The molecule has 1 aromatic heterocycles. The molecular weight excluding hydrogens is 384 g/mol. The van der Waals surface area contributed by atoms with Crippen molar-refractivity contribution in [2.24, 2.45) is 15.9 Å². The van der Waals surface area contributed by atoms with Crippen molar-refractivity contribution >= 4 is 40.3 Å². The van der Waals surface area contributed by atoms with Crippen LogP contribution in [0.4, 0.5) is 5.82 Å². The van der Waals surface area contributed by atoms with Crippen LogP contribution in [0.25, 0.3) is 5.69 Å². The van der Waals surface area contributed by atoms with Crippen LogP contribution in [-0.2, 0) is 4.74 Å². The molecule has 0 amide bonds. The number of rotatable bonds is 5. The highest BCUT2D eigenvalue weighted by atomic mass is 79.9. The summed E-state index contributed by atoms with van der Waals surface area (Å²) in [6.45, 7) is 7.51. The number of carbonyl (C=O) groups is 1. The van der Waals surface area contributed by atoms with Gasteiger partial charge in [0.1, 0.15) is 5.84 Å². The van der Waals surface area contributed by atoms with Crippen LogP contribution >= 0.6 is 15.9 Å². The topological polar surface area (TPSA) is 68.8 Å². The molecule has 0 aliphatic heterocycles. The number of hydrogen-bond donors (Lipinski definition) is 0. The number of hydrogen-bond acceptors (Lipinski definition) is 4. The Morgan fingerprint density at radius 3 is 2.84 bits per heavy atom. The minimum absolute atomic E-state index is 0.264. The molecule has 1 aromatic carbocycles. The number of benzene rings is 1. The Balaban J connectivity index is 2.16. The average molecular weight is 403 g/mol. The molecule has 1 fully saturated rings. The lowest BCUT2D eigenvalue weighted by Gasteiger charge is -2.06. The number of esters is 1. The van der Waals surface area contributed by atoms with Gasteiger partial charge in [-0.3, -0.25) is 0 Å². The Morgan fingerprint density at radius 1 is 1.48 bits per heavy atom. The summed E-state index contributed by atoms with van der Waals surface area (Å²) in [7, 11) is 0. The number of nitrogens with zero attached hydrogens (tertiary/aromatic N) is 4. The molecule has 1 aliphatic rings. The van der Waals surface area contributed by atoms with E-state index in [9.17, 15) is 4.79 Å². The van der Waals surface area contributed by atoms with Gasteiger partial charge in [0.15, 0.2) is 11.5 Å². The summed E-state index contributed by atoms with van der Waals surface area (Å²) in [6.07, 6.45) is 2.12. The summed E-state index contributed by atoms with van der Waals surface area (Å²) in [5.41, 5.74) is 1.73. The average Bonchev–Trinajstić information content (AvgIpc) is 3.37. The van der Waals surface area contributed by atoms with E-state index in [4.69, 9.17) is 4.74 Å². The fraction of sp³-hybridized carbons (Fsp3) is 0.333. The number of carbonyl (C=O) groups excluding carboxylic acids is 1. The second-order valence-electron chi connectivity index (χ2n) is 5.81. The first kappa shape index (κ1) is 17.5. The zero-order valence-corrected chi connectivity index (χ0v) is 15.8. The number of amidine groups is 1. The van der Waals surface area contributed by atoms with Crippen molar-refractivity contribution in [3.05, 3.63) is 40.0 Å². The van der Waals surface area contributed by atoms with Gasteiger partial charge in [0, 0.05) is 16.0 Å². The van der Waals surface area contributed by atoms with Crippen molar-refractivity contribution < 1.29 is 9.53 Å². The summed E-state index contributed by atoms with van der Waals surface area (Å²) in [4.78, 5) is 21.0. The zero-order chi connectivity index (χ0) is 18.0. The lowest BCUT2D eigenvalue weighted by atomic mass is 10.2. The van der Waals surface area contributed by atoms with Gasteiger partial charge >= 0.3 is 5.97 Å². The molecule has 0 N–H and O–H groups in total. The van der Waals surface area contributed by atoms with E-state index in [1.54, 1.807) is 11.6 Å². The number of halogens is 1. The lowest BCUT2D eigenvalue weighted by Crippen LogP contribution is -2.07. The van der Waals surface area contributed by atoms with Gasteiger partial charge in [-0.2, -0.15) is 5.10 Å². The Morgan fingerprint density at radius 2 is 2.24 bits per heavy atom. The maximum absolute atomic E-state index is 12.2. The Labute approximate surface area is 154 Å². The first-order valence-corrected chi connectivity index (χ1v) is 8.92. The predicted octanol–water partition coefficient (Wildman–Crippen LogP) is 4.26. The van der Waals surface area contributed by atoms with Crippen LogP contribution in [0.5, 0.6) is 0 Å². The zero-order valence-electron chi connectivity index (χ0n) is 14.2. The molecule has 25 heavy (non-hydrogen) atoms. The van der Waals surface area contributed by atoms with Gasteiger partial charge < -0.3 is 4.74 Å². The summed E-state index contributed by atoms with van der Waals surface area (Å²) in [6, 6.07) is 7.65. The van der Waals surface area contributed by atoms with Gasteiger partial charge in [-0.1, -0.05) is 22.0 Å². The first-order valence-electron chi connectivity index (χ1n) is 8.13. The van der Waals surface area contributed by atoms with Gasteiger partial charge in [-0.15, -0.1) is 0 Å². The van der Waals surface area contributed by atoms with E-state index in [0.717, 1.165) is 23.0 Å². The molecule has 130 valence electrons.